The Hall–Kier alpha value is -2.36. The Kier molecular flexibility index (Phi) is 2.33. The number of anilines is 1. The van der Waals surface area contributed by atoms with Gasteiger partial charge in [0, 0.05) is 11.4 Å². The van der Waals surface area contributed by atoms with Crippen molar-refractivity contribution >= 4 is 16.7 Å². The van der Waals surface area contributed by atoms with E-state index in [1.54, 1.807) is 0 Å². The van der Waals surface area contributed by atoms with Gasteiger partial charge in [-0.2, -0.15) is 5.10 Å². The van der Waals surface area contributed by atoms with E-state index in [4.69, 9.17) is 10.7 Å². The molecular weight excluding hydrogens is 248 g/mol. The molecule has 0 saturated carbocycles. The predicted molar refractivity (Wildman–Crippen MR) is 80.0 cm³/mol. The van der Waals surface area contributed by atoms with E-state index in [9.17, 15) is 0 Å². The first-order valence-electron chi connectivity index (χ1n) is 6.96. The minimum atomic E-state index is 0.862. The molecule has 0 spiro atoms. The summed E-state index contributed by atoms with van der Waals surface area (Å²) in [5, 5.41) is 5.43. The average molecular weight is 264 g/mol. The van der Waals surface area contributed by atoms with Crippen LogP contribution in [0.25, 0.3) is 16.7 Å². The van der Waals surface area contributed by atoms with Gasteiger partial charge in [0.15, 0.2) is 5.65 Å². The van der Waals surface area contributed by atoms with E-state index in [-0.39, 0.29) is 0 Å². The highest BCUT2D eigenvalue weighted by atomic mass is 15.3. The van der Waals surface area contributed by atoms with Gasteiger partial charge in [-0.25, -0.2) is 9.67 Å². The van der Waals surface area contributed by atoms with E-state index >= 15 is 0 Å². The lowest BCUT2D eigenvalue weighted by Crippen LogP contribution is -2.02. The minimum absolute atomic E-state index is 0.862. The fraction of sp³-hybridized carbons (Fsp3) is 0.250. The quantitative estimate of drug-likeness (QED) is 0.735. The average Bonchev–Trinajstić information content (AvgIpc) is 3.07. The molecule has 0 saturated heterocycles. The Bertz CT molecular complexity index is 799. The zero-order valence-corrected chi connectivity index (χ0v) is 11.4. The molecule has 4 rings (SSSR count). The van der Waals surface area contributed by atoms with Crippen LogP contribution < -0.4 is 5.73 Å². The maximum Gasteiger partial charge on any atom is 0.165 e. The number of hydrogen-bond acceptors (Lipinski definition) is 3. The number of nitrogen functional groups attached to an aromatic ring is 1. The molecule has 3 aromatic rings. The summed E-state index contributed by atoms with van der Waals surface area (Å²) in [6, 6.07) is 8.29. The molecule has 0 aliphatic heterocycles. The van der Waals surface area contributed by atoms with Crippen LogP contribution >= 0.6 is 0 Å². The Morgan fingerprint density at radius 1 is 1.15 bits per heavy atom. The number of nitrogens with zero attached hydrogens (tertiary/aromatic N) is 3. The Morgan fingerprint density at radius 2 is 1.95 bits per heavy atom. The van der Waals surface area contributed by atoms with Crippen molar-refractivity contribution in [1.82, 2.24) is 14.8 Å². The van der Waals surface area contributed by atoms with Crippen molar-refractivity contribution in [3.05, 3.63) is 47.3 Å². The van der Waals surface area contributed by atoms with Crippen LogP contribution in [-0.2, 0) is 12.8 Å². The van der Waals surface area contributed by atoms with E-state index in [2.05, 4.69) is 36.3 Å². The van der Waals surface area contributed by atoms with Gasteiger partial charge in [-0.3, -0.25) is 0 Å². The summed E-state index contributed by atoms with van der Waals surface area (Å²) in [5.74, 6) is 0. The van der Waals surface area contributed by atoms with Gasteiger partial charge in [0.05, 0.1) is 17.3 Å². The van der Waals surface area contributed by atoms with Crippen molar-refractivity contribution in [2.75, 3.05) is 5.73 Å². The van der Waals surface area contributed by atoms with Crippen molar-refractivity contribution in [2.24, 2.45) is 0 Å². The van der Waals surface area contributed by atoms with Crippen molar-refractivity contribution in [3.63, 3.8) is 0 Å². The maximum atomic E-state index is 6.29. The lowest BCUT2D eigenvalue weighted by atomic mass is 10.1. The molecule has 2 heterocycles. The highest BCUT2D eigenvalue weighted by Crippen LogP contribution is 2.32. The Labute approximate surface area is 117 Å². The molecule has 0 fully saturated rings. The smallest absolute Gasteiger partial charge is 0.165 e. The number of benzene rings is 1. The van der Waals surface area contributed by atoms with Gasteiger partial charge in [-0.1, -0.05) is 17.7 Å². The molecule has 100 valence electrons. The third-order valence-corrected chi connectivity index (χ3v) is 4.07. The van der Waals surface area contributed by atoms with Gasteiger partial charge < -0.3 is 5.73 Å². The van der Waals surface area contributed by atoms with E-state index in [1.165, 1.54) is 11.1 Å². The van der Waals surface area contributed by atoms with Crippen LogP contribution in [0, 0.1) is 6.92 Å². The minimum Gasteiger partial charge on any atom is -0.398 e. The molecule has 0 amide bonds. The monoisotopic (exact) mass is 264 g/mol. The summed E-state index contributed by atoms with van der Waals surface area (Å²) in [6.07, 6.45) is 5.04. The van der Waals surface area contributed by atoms with Crippen LogP contribution in [0.2, 0.25) is 0 Å². The molecule has 20 heavy (non-hydrogen) atoms. The van der Waals surface area contributed by atoms with E-state index in [0.29, 0.717) is 0 Å². The molecule has 1 aromatic carbocycles. The van der Waals surface area contributed by atoms with Crippen LogP contribution in [0.3, 0.4) is 0 Å². The standard InChI is InChI=1S/C16H16N4/c1-10-5-7-11(8-6-10)20-16-13(9-18-20)15(17)12-3-2-4-14(12)19-16/h5-9H,2-4H2,1H3,(H2,17,19). The number of pyridine rings is 1. The van der Waals surface area contributed by atoms with Crippen molar-refractivity contribution in [3.8, 4) is 5.69 Å². The summed E-state index contributed by atoms with van der Waals surface area (Å²) >= 11 is 0. The first-order chi connectivity index (χ1) is 9.74. The number of rotatable bonds is 1. The van der Waals surface area contributed by atoms with E-state index in [0.717, 1.165) is 47.4 Å². The molecular formula is C16H16N4. The van der Waals surface area contributed by atoms with Crippen molar-refractivity contribution in [1.29, 1.82) is 0 Å². The topological polar surface area (TPSA) is 56.7 Å². The van der Waals surface area contributed by atoms with Gasteiger partial charge in [-0.05, 0) is 43.9 Å². The molecule has 1 aliphatic carbocycles. The largest absolute Gasteiger partial charge is 0.398 e. The molecule has 4 nitrogen and oxygen atoms in total. The van der Waals surface area contributed by atoms with Gasteiger partial charge in [0.2, 0.25) is 0 Å². The second-order valence-corrected chi connectivity index (χ2v) is 5.43. The van der Waals surface area contributed by atoms with Crippen LogP contribution in [0.15, 0.2) is 30.5 Å². The van der Waals surface area contributed by atoms with Gasteiger partial charge in [0.25, 0.3) is 0 Å². The molecule has 2 aromatic heterocycles. The number of fused-ring (bicyclic) bond motifs is 2. The van der Waals surface area contributed by atoms with Gasteiger partial charge >= 0.3 is 0 Å². The van der Waals surface area contributed by atoms with Crippen LogP contribution in [0.1, 0.15) is 23.2 Å². The number of hydrogen-bond donors (Lipinski definition) is 1. The summed E-state index contributed by atoms with van der Waals surface area (Å²) < 4.78 is 1.88. The van der Waals surface area contributed by atoms with Gasteiger partial charge in [-0.15, -0.1) is 0 Å². The lowest BCUT2D eigenvalue weighted by Gasteiger charge is -2.07. The molecule has 1 aliphatic rings. The van der Waals surface area contributed by atoms with Crippen molar-refractivity contribution in [2.45, 2.75) is 26.2 Å². The zero-order chi connectivity index (χ0) is 13.7. The molecule has 2 N–H and O–H groups in total. The van der Waals surface area contributed by atoms with Crippen LogP contribution in [0.4, 0.5) is 5.69 Å². The van der Waals surface area contributed by atoms with E-state index < -0.39 is 0 Å². The third kappa shape index (κ3) is 1.54. The summed E-state index contributed by atoms with van der Waals surface area (Å²) in [4.78, 5) is 4.80. The van der Waals surface area contributed by atoms with E-state index in [1.807, 2.05) is 10.9 Å². The second kappa shape index (κ2) is 4.07. The predicted octanol–water partition coefficient (Wildman–Crippen LogP) is 2.80. The number of nitrogens with two attached hydrogens (primary N) is 1. The normalized spacial score (nSPS) is 13.8. The van der Waals surface area contributed by atoms with Crippen molar-refractivity contribution < 1.29 is 0 Å². The summed E-state index contributed by atoms with van der Waals surface area (Å²) in [5.41, 5.74) is 12.6. The fourth-order valence-corrected chi connectivity index (χ4v) is 2.95. The number of aryl methyl sites for hydroxylation is 2. The molecule has 0 radical (unpaired) electrons. The highest BCUT2D eigenvalue weighted by Gasteiger charge is 2.20. The highest BCUT2D eigenvalue weighted by molar-refractivity contribution is 5.91. The third-order valence-electron chi connectivity index (χ3n) is 4.07. The molecule has 4 heteroatoms. The first-order valence-corrected chi connectivity index (χ1v) is 6.96. The molecule has 0 atom stereocenters. The zero-order valence-electron chi connectivity index (χ0n) is 11.4. The molecule has 0 bridgehead atoms. The first kappa shape index (κ1) is 11.5. The summed E-state index contributed by atoms with van der Waals surface area (Å²) in [6.45, 7) is 2.08. The van der Waals surface area contributed by atoms with Crippen LogP contribution in [0.5, 0.6) is 0 Å². The molecule has 0 unspecified atom stereocenters. The Balaban J connectivity index is 1.98. The SMILES string of the molecule is Cc1ccc(-n2ncc3c(N)c4c(nc32)CCC4)cc1. The summed E-state index contributed by atoms with van der Waals surface area (Å²) in [7, 11) is 0. The fourth-order valence-electron chi connectivity index (χ4n) is 2.95. The Morgan fingerprint density at radius 3 is 2.75 bits per heavy atom. The lowest BCUT2D eigenvalue weighted by molar-refractivity contribution is 0.878. The van der Waals surface area contributed by atoms with Gasteiger partial charge in [0.1, 0.15) is 0 Å². The second-order valence-electron chi connectivity index (χ2n) is 5.43. The maximum absolute atomic E-state index is 6.29. The number of aromatic nitrogens is 3. The van der Waals surface area contributed by atoms with Crippen LogP contribution in [-0.4, -0.2) is 14.8 Å².